The summed E-state index contributed by atoms with van der Waals surface area (Å²) < 4.78 is 1.73. The lowest BCUT2D eigenvalue weighted by Crippen LogP contribution is -2.46. The Morgan fingerprint density at radius 2 is 2.00 bits per heavy atom. The molecule has 4 rings (SSSR count). The van der Waals surface area contributed by atoms with E-state index in [4.69, 9.17) is 17.2 Å². The summed E-state index contributed by atoms with van der Waals surface area (Å²) in [6.07, 6.45) is 2.23. The zero-order valence-corrected chi connectivity index (χ0v) is 16.6. The molecule has 1 aromatic carbocycles. The smallest absolute Gasteiger partial charge is 0.270 e. The number of benzene rings is 1. The van der Waals surface area contributed by atoms with Gasteiger partial charge in [-0.05, 0) is 43.6 Å². The standard InChI is InChI=1S/C20H22N6OS/c1-12-17-15(10-16(14-8-9-14)22-18(17)26(2)25-12)19(27)23-24-20(28)21-11-13-6-4-3-5-7-13/h3-7,10,14H,8-9,11H2,1-2H3,(H,23,27)(H2,21,24,28). The zero-order chi connectivity index (χ0) is 19.7. The van der Waals surface area contributed by atoms with Crippen molar-refractivity contribution >= 4 is 34.3 Å². The van der Waals surface area contributed by atoms with Crippen LogP contribution in [0.15, 0.2) is 36.4 Å². The molecule has 8 heteroatoms. The van der Waals surface area contributed by atoms with Crippen LogP contribution in [0.25, 0.3) is 11.0 Å². The molecule has 1 fully saturated rings. The minimum Gasteiger partial charge on any atom is -0.357 e. The van der Waals surface area contributed by atoms with E-state index in [9.17, 15) is 4.79 Å². The Bertz CT molecular complexity index is 1040. The van der Waals surface area contributed by atoms with Crippen LogP contribution in [-0.2, 0) is 13.6 Å². The Labute approximate surface area is 168 Å². The van der Waals surface area contributed by atoms with Crippen LogP contribution in [0.4, 0.5) is 0 Å². The summed E-state index contributed by atoms with van der Waals surface area (Å²) in [5.41, 5.74) is 9.61. The van der Waals surface area contributed by atoms with E-state index >= 15 is 0 Å². The number of hydrazine groups is 1. The average Bonchev–Trinajstić information content (AvgIpc) is 3.51. The van der Waals surface area contributed by atoms with Gasteiger partial charge >= 0.3 is 0 Å². The van der Waals surface area contributed by atoms with Crippen LogP contribution in [0.1, 0.15) is 46.1 Å². The Morgan fingerprint density at radius 3 is 2.71 bits per heavy atom. The maximum atomic E-state index is 12.9. The van der Waals surface area contributed by atoms with E-state index in [1.807, 2.05) is 50.4 Å². The van der Waals surface area contributed by atoms with E-state index in [1.165, 1.54) is 0 Å². The summed E-state index contributed by atoms with van der Waals surface area (Å²) in [5.74, 6) is 0.182. The Hall–Kier alpha value is -3.00. The number of aryl methyl sites for hydroxylation is 2. The largest absolute Gasteiger partial charge is 0.357 e. The quantitative estimate of drug-likeness (QED) is 0.466. The van der Waals surface area contributed by atoms with Gasteiger partial charge in [0.05, 0.1) is 16.6 Å². The molecule has 1 saturated carbocycles. The van der Waals surface area contributed by atoms with Crippen LogP contribution >= 0.6 is 12.2 Å². The number of hydrogen-bond donors (Lipinski definition) is 3. The van der Waals surface area contributed by atoms with Gasteiger partial charge in [-0.1, -0.05) is 30.3 Å². The van der Waals surface area contributed by atoms with Crippen molar-refractivity contribution in [1.82, 2.24) is 30.9 Å². The van der Waals surface area contributed by atoms with Gasteiger partial charge in [0.25, 0.3) is 5.91 Å². The molecule has 0 atom stereocenters. The number of thiocarbonyl (C=S) groups is 1. The van der Waals surface area contributed by atoms with Crippen LogP contribution in [-0.4, -0.2) is 25.8 Å². The second-order valence-electron chi connectivity index (χ2n) is 7.02. The maximum Gasteiger partial charge on any atom is 0.270 e. The van der Waals surface area contributed by atoms with Crippen molar-refractivity contribution in [2.24, 2.45) is 7.05 Å². The van der Waals surface area contributed by atoms with E-state index in [0.29, 0.717) is 23.1 Å². The van der Waals surface area contributed by atoms with Crippen molar-refractivity contribution in [2.45, 2.75) is 32.2 Å². The van der Waals surface area contributed by atoms with E-state index in [0.717, 1.165) is 40.8 Å². The molecule has 144 valence electrons. The normalized spacial score (nSPS) is 13.4. The number of carbonyl (C=O) groups excluding carboxylic acids is 1. The number of rotatable bonds is 4. The van der Waals surface area contributed by atoms with Crippen LogP contribution in [0.5, 0.6) is 0 Å². The molecule has 0 saturated heterocycles. The molecule has 0 radical (unpaired) electrons. The predicted octanol–water partition coefficient (Wildman–Crippen LogP) is 2.46. The number of nitrogens with one attached hydrogen (secondary N) is 3. The minimum atomic E-state index is -0.255. The molecule has 2 heterocycles. The van der Waals surface area contributed by atoms with Crippen molar-refractivity contribution in [1.29, 1.82) is 0 Å². The first-order valence-electron chi connectivity index (χ1n) is 9.25. The first-order valence-corrected chi connectivity index (χ1v) is 9.66. The number of aromatic nitrogens is 3. The summed E-state index contributed by atoms with van der Waals surface area (Å²) in [5, 5.41) is 8.63. The third-order valence-electron chi connectivity index (χ3n) is 4.81. The fraction of sp³-hybridized carbons (Fsp3) is 0.300. The van der Waals surface area contributed by atoms with E-state index < -0.39 is 0 Å². The van der Waals surface area contributed by atoms with E-state index in [-0.39, 0.29) is 5.91 Å². The van der Waals surface area contributed by atoms with Crippen molar-refractivity contribution < 1.29 is 4.79 Å². The van der Waals surface area contributed by atoms with Gasteiger partial charge in [-0.15, -0.1) is 0 Å². The van der Waals surface area contributed by atoms with Gasteiger partial charge < -0.3 is 5.32 Å². The predicted molar refractivity (Wildman–Crippen MR) is 112 cm³/mol. The third-order valence-corrected chi connectivity index (χ3v) is 5.06. The molecular formula is C20H22N6OS. The van der Waals surface area contributed by atoms with Crippen molar-refractivity contribution in [2.75, 3.05) is 0 Å². The van der Waals surface area contributed by atoms with Gasteiger partial charge in [-0.3, -0.25) is 20.3 Å². The van der Waals surface area contributed by atoms with Crippen LogP contribution in [0.3, 0.4) is 0 Å². The lowest BCUT2D eigenvalue weighted by Gasteiger charge is -2.13. The van der Waals surface area contributed by atoms with Gasteiger partial charge in [0, 0.05) is 25.2 Å². The van der Waals surface area contributed by atoms with Gasteiger partial charge in [0.1, 0.15) is 0 Å². The number of nitrogens with zero attached hydrogens (tertiary/aromatic N) is 3. The van der Waals surface area contributed by atoms with Crippen LogP contribution in [0.2, 0.25) is 0 Å². The molecule has 0 unspecified atom stereocenters. The van der Waals surface area contributed by atoms with Crippen molar-refractivity contribution in [3.05, 3.63) is 58.9 Å². The molecule has 7 nitrogen and oxygen atoms in total. The molecule has 0 bridgehead atoms. The topological polar surface area (TPSA) is 83.9 Å². The minimum absolute atomic E-state index is 0.255. The van der Waals surface area contributed by atoms with E-state index in [2.05, 4.69) is 21.3 Å². The van der Waals surface area contributed by atoms with Gasteiger partial charge in [0.2, 0.25) is 0 Å². The second-order valence-corrected chi connectivity index (χ2v) is 7.43. The summed E-state index contributed by atoms with van der Waals surface area (Å²) in [7, 11) is 1.85. The zero-order valence-electron chi connectivity index (χ0n) is 15.8. The Balaban J connectivity index is 1.47. The van der Waals surface area contributed by atoms with Crippen molar-refractivity contribution in [3.8, 4) is 0 Å². The SMILES string of the molecule is Cc1nn(C)c2nc(C3CC3)cc(C(=O)NNC(=S)NCc3ccccc3)c12. The highest BCUT2D eigenvalue weighted by molar-refractivity contribution is 7.80. The number of carbonyl (C=O) groups is 1. The molecule has 3 N–H and O–H groups in total. The van der Waals surface area contributed by atoms with Crippen molar-refractivity contribution in [3.63, 3.8) is 0 Å². The Morgan fingerprint density at radius 1 is 1.25 bits per heavy atom. The van der Waals surface area contributed by atoms with Gasteiger partial charge in [-0.2, -0.15) is 5.10 Å². The number of pyridine rings is 1. The molecule has 1 amide bonds. The lowest BCUT2D eigenvalue weighted by molar-refractivity contribution is 0.0945. The second kappa shape index (κ2) is 7.55. The molecular weight excluding hydrogens is 372 g/mol. The fourth-order valence-electron chi connectivity index (χ4n) is 3.23. The lowest BCUT2D eigenvalue weighted by atomic mass is 10.1. The molecule has 1 aliphatic rings. The highest BCUT2D eigenvalue weighted by Gasteiger charge is 2.28. The molecule has 2 aromatic heterocycles. The molecule has 3 aromatic rings. The van der Waals surface area contributed by atoms with E-state index in [1.54, 1.807) is 4.68 Å². The fourth-order valence-corrected chi connectivity index (χ4v) is 3.36. The van der Waals surface area contributed by atoms with Gasteiger partial charge in [-0.25, -0.2) is 4.98 Å². The third kappa shape index (κ3) is 3.82. The first-order chi connectivity index (χ1) is 13.5. The number of amides is 1. The molecule has 0 spiro atoms. The molecule has 1 aliphatic carbocycles. The molecule has 0 aliphatic heterocycles. The Kier molecular flexibility index (Phi) is 4.95. The average molecular weight is 395 g/mol. The monoisotopic (exact) mass is 394 g/mol. The van der Waals surface area contributed by atoms with Crippen LogP contribution < -0.4 is 16.2 Å². The summed E-state index contributed by atoms with van der Waals surface area (Å²) >= 11 is 5.26. The maximum absolute atomic E-state index is 12.9. The number of fused-ring (bicyclic) bond motifs is 1. The van der Waals surface area contributed by atoms with Crippen LogP contribution in [0, 0.1) is 6.92 Å². The summed E-state index contributed by atoms with van der Waals surface area (Å²) in [4.78, 5) is 17.6. The highest BCUT2D eigenvalue weighted by Crippen LogP contribution is 2.40. The molecule has 28 heavy (non-hydrogen) atoms. The highest BCUT2D eigenvalue weighted by atomic mass is 32.1. The summed E-state index contributed by atoms with van der Waals surface area (Å²) in [6.45, 7) is 2.46. The summed E-state index contributed by atoms with van der Waals surface area (Å²) in [6, 6.07) is 11.8. The first kappa shape index (κ1) is 18.4. The van der Waals surface area contributed by atoms with Gasteiger partial charge in [0.15, 0.2) is 10.8 Å². The number of hydrogen-bond acceptors (Lipinski definition) is 4.